The lowest BCUT2D eigenvalue weighted by Gasteiger charge is -2.42. The summed E-state index contributed by atoms with van der Waals surface area (Å²) < 4.78 is 243. The lowest BCUT2D eigenvalue weighted by Crippen LogP contribution is -2.74. The molecule has 0 heterocycles. The van der Waals surface area contributed by atoms with Gasteiger partial charge in [0.15, 0.2) is 0 Å². The number of rotatable bonds is 9. The largest absolute Gasteiger partial charge is 0.460 e. The molecule has 36 heavy (non-hydrogen) atoms. The Bertz CT molecular complexity index is 861. The molecule has 0 spiro atoms. The molecule has 0 rings (SSSR count). The van der Waals surface area contributed by atoms with Gasteiger partial charge in [0.1, 0.15) is 6.54 Å². The van der Waals surface area contributed by atoms with Gasteiger partial charge in [-0.1, -0.05) is 0 Å². The molecule has 0 unspecified atom stereocenters. The molecular formula is C13H15F17NO4S+. The first kappa shape index (κ1) is 36.8. The summed E-state index contributed by atoms with van der Waals surface area (Å²) in [6, 6.07) is 0. The second-order valence-electron chi connectivity index (χ2n) is 7.67. The quantitative estimate of drug-likeness (QED) is 0.231. The van der Waals surface area contributed by atoms with Crippen molar-refractivity contribution in [2.45, 2.75) is 47.0 Å². The van der Waals surface area contributed by atoms with E-state index >= 15 is 0 Å². The molecule has 220 valence electrons. The Morgan fingerprint density at radius 3 is 0.972 bits per heavy atom. The smallest absolute Gasteiger partial charge is 0.391 e. The Morgan fingerprint density at radius 1 is 0.556 bits per heavy atom. The summed E-state index contributed by atoms with van der Waals surface area (Å²) in [6.45, 7) is 1.11. The van der Waals surface area contributed by atoms with Gasteiger partial charge in [0.2, 0.25) is 0 Å². The highest BCUT2D eigenvalue weighted by molar-refractivity contribution is 7.87. The van der Waals surface area contributed by atoms with Crippen molar-refractivity contribution in [2.75, 3.05) is 34.3 Å². The summed E-state index contributed by atoms with van der Waals surface area (Å²) in [6.07, 6.45) is -7.88. The third kappa shape index (κ3) is 5.87. The molecule has 0 aromatic rings. The van der Waals surface area contributed by atoms with E-state index in [9.17, 15) is 83.1 Å². The zero-order chi connectivity index (χ0) is 30.4. The second kappa shape index (κ2) is 9.75. The zero-order valence-corrected chi connectivity index (χ0v) is 18.2. The van der Waals surface area contributed by atoms with Gasteiger partial charge in [0.25, 0.3) is 0 Å². The third-order valence-corrected chi connectivity index (χ3v) is 4.69. The normalized spacial score (nSPS) is 15.9. The van der Waals surface area contributed by atoms with Crippen LogP contribution in [-0.4, -0.2) is 104 Å². The highest BCUT2D eigenvalue weighted by Gasteiger charge is 2.96. The predicted octanol–water partition coefficient (Wildman–Crippen LogP) is 4.53. The molecule has 0 aromatic heterocycles. The molecule has 0 radical (unpaired) electrons. The number of likely N-dealkylation sites (N-methyl/N-ethyl adjacent to an activating group) is 1. The number of halogens is 17. The maximum Gasteiger partial charge on any atom is 0.460 e. The van der Waals surface area contributed by atoms with E-state index in [0.29, 0.717) is 0 Å². The van der Waals surface area contributed by atoms with Crippen molar-refractivity contribution < 1.29 is 97.2 Å². The summed E-state index contributed by atoms with van der Waals surface area (Å²) in [5.41, 5.74) is 0. The maximum atomic E-state index is 13.0. The fourth-order valence-electron chi connectivity index (χ4n) is 1.61. The van der Waals surface area contributed by atoms with Crippen LogP contribution < -0.4 is 0 Å². The molecule has 0 amide bonds. The average molecular weight is 604 g/mol. The Kier molecular flexibility index (Phi) is 9.96. The first-order chi connectivity index (χ1) is 15.1. The molecule has 2 N–H and O–H groups in total. The predicted molar refractivity (Wildman–Crippen MR) is 82.2 cm³/mol. The van der Waals surface area contributed by atoms with Gasteiger partial charge in [-0.2, -0.15) is 83.1 Å². The highest BCUT2D eigenvalue weighted by Crippen LogP contribution is 2.64. The van der Waals surface area contributed by atoms with Gasteiger partial charge >= 0.3 is 57.1 Å². The molecule has 0 aliphatic heterocycles. The Balaban J connectivity index is 0. The van der Waals surface area contributed by atoms with Gasteiger partial charge in [-0.05, 0) is 0 Å². The first-order valence-corrected chi connectivity index (χ1v) is 9.60. The zero-order valence-electron chi connectivity index (χ0n) is 17.4. The van der Waals surface area contributed by atoms with E-state index in [1.165, 1.54) is 0 Å². The molecule has 0 fully saturated rings. The standard InChI is InChI=1S/C8HF17O3S.C5H14NO/c9-1(10,3(13,14)5(17,18)7(21,22)23)2(11,12)4(15,16)6(19,20)8(24,25)29(26,27)28;1-6(2,3)4-5-7/h(H,26,27,28);7H,4-5H2,1-3H3/q;+1. The topological polar surface area (TPSA) is 74.6 Å². The van der Waals surface area contributed by atoms with Gasteiger partial charge in [-0.15, -0.1) is 0 Å². The summed E-state index contributed by atoms with van der Waals surface area (Å²) >= 11 is 0. The lowest BCUT2D eigenvalue weighted by atomic mass is 9.91. The summed E-state index contributed by atoms with van der Waals surface area (Å²) in [5, 5.41) is 0.544. The van der Waals surface area contributed by atoms with Crippen LogP contribution in [0.1, 0.15) is 0 Å². The minimum absolute atomic E-state index is 0.281. The monoisotopic (exact) mass is 604 g/mol. The van der Waals surface area contributed by atoms with Gasteiger partial charge in [-0.25, -0.2) is 0 Å². The van der Waals surface area contributed by atoms with Gasteiger partial charge in [-0.3, -0.25) is 4.55 Å². The molecular weight excluding hydrogens is 589 g/mol. The molecule has 0 saturated carbocycles. The van der Waals surface area contributed by atoms with Crippen molar-refractivity contribution in [3.63, 3.8) is 0 Å². The fourth-order valence-corrected chi connectivity index (χ4v) is 2.06. The number of alkyl halides is 17. The van der Waals surface area contributed by atoms with Crippen LogP contribution in [0.5, 0.6) is 0 Å². The van der Waals surface area contributed by atoms with E-state index in [1.807, 2.05) is 0 Å². The molecule has 0 aliphatic carbocycles. The van der Waals surface area contributed by atoms with Crippen molar-refractivity contribution in [1.82, 2.24) is 0 Å². The first-order valence-electron chi connectivity index (χ1n) is 8.16. The molecule has 0 aliphatic rings. The minimum Gasteiger partial charge on any atom is -0.391 e. The van der Waals surface area contributed by atoms with Crippen molar-refractivity contribution in [3.8, 4) is 0 Å². The lowest BCUT2D eigenvalue weighted by molar-refractivity contribution is -0.870. The van der Waals surface area contributed by atoms with E-state index in [-0.39, 0.29) is 6.61 Å². The van der Waals surface area contributed by atoms with Crippen LogP contribution in [0, 0.1) is 0 Å². The fraction of sp³-hybridized carbons (Fsp3) is 1.00. The molecule has 0 atom stereocenters. The van der Waals surface area contributed by atoms with Crippen LogP contribution in [0.2, 0.25) is 0 Å². The van der Waals surface area contributed by atoms with E-state index in [0.717, 1.165) is 11.0 Å². The van der Waals surface area contributed by atoms with Crippen LogP contribution in [0.15, 0.2) is 0 Å². The third-order valence-electron chi connectivity index (χ3n) is 3.79. The van der Waals surface area contributed by atoms with E-state index in [2.05, 4.69) is 21.1 Å². The van der Waals surface area contributed by atoms with Crippen molar-refractivity contribution in [2.24, 2.45) is 0 Å². The van der Waals surface area contributed by atoms with Gasteiger partial charge in [0.05, 0.1) is 27.7 Å². The van der Waals surface area contributed by atoms with E-state index < -0.39 is 57.1 Å². The van der Waals surface area contributed by atoms with Crippen LogP contribution in [0.25, 0.3) is 0 Å². The molecule has 0 aromatic carbocycles. The van der Waals surface area contributed by atoms with E-state index in [1.54, 1.807) is 0 Å². The van der Waals surface area contributed by atoms with Crippen molar-refractivity contribution >= 4 is 10.1 Å². The van der Waals surface area contributed by atoms with Gasteiger partial charge < -0.3 is 9.59 Å². The van der Waals surface area contributed by atoms with Crippen LogP contribution in [-0.2, 0) is 10.1 Å². The summed E-state index contributed by atoms with van der Waals surface area (Å²) in [4.78, 5) is 0. The number of aliphatic hydroxyl groups is 1. The highest BCUT2D eigenvalue weighted by atomic mass is 32.2. The number of hydrogen-bond acceptors (Lipinski definition) is 3. The van der Waals surface area contributed by atoms with Crippen LogP contribution in [0.3, 0.4) is 0 Å². The van der Waals surface area contributed by atoms with Crippen LogP contribution in [0.4, 0.5) is 74.6 Å². The molecule has 5 nitrogen and oxygen atoms in total. The number of aliphatic hydroxyl groups excluding tert-OH is 1. The molecule has 23 heteroatoms. The molecule has 0 bridgehead atoms. The number of quaternary nitrogens is 1. The maximum absolute atomic E-state index is 13.0. The van der Waals surface area contributed by atoms with E-state index in [4.69, 9.17) is 9.66 Å². The second-order valence-corrected chi connectivity index (χ2v) is 9.14. The molecule has 0 saturated heterocycles. The summed E-state index contributed by atoms with van der Waals surface area (Å²) in [5.74, 6) is -52.0. The summed E-state index contributed by atoms with van der Waals surface area (Å²) in [7, 11) is -1.74. The Hall–Kier alpha value is -1.36. The van der Waals surface area contributed by atoms with Gasteiger partial charge in [0, 0.05) is 0 Å². The van der Waals surface area contributed by atoms with Crippen molar-refractivity contribution in [3.05, 3.63) is 0 Å². The Morgan fingerprint density at radius 2 is 0.806 bits per heavy atom. The van der Waals surface area contributed by atoms with Crippen molar-refractivity contribution in [1.29, 1.82) is 0 Å². The number of hydrogen-bond donors (Lipinski definition) is 2. The average Bonchev–Trinajstić information content (AvgIpc) is 2.58. The SMILES string of the molecule is C[N+](C)(C)CCO.O=S(=O)(O)C(F)(F)C(F)(F)C(F)(F)C(F)(F)C(F)(F)C(F)(F)C(F)(F)C(F)(F)F. The Labute approximate surface area is 189 Å². The van der Waals surface area contributed by atoms with Crippen LogP contribution >= 0.6 is 0 Å². The number of nitrogens with zero attached hydrogens (tertiary/aromatic N) is 1. The minimum atomic E-state index is -8.89.